The van der Waals surface area contributed by atoms with Crippen LogP contribution in [0.5, 0.6) is 0 Å². The van der Waals surface area contributed by atoms with E-state index in [1.807, 2.05) is 0 Å². The summed E-state index contributed by atoms with van der Waals surface area (Å²) < 4.78 is 6.16. The smallest absolute Gasteiger partial charge is 0.0694 e. The van der Waals surface area contributed by atoms with Crippen LogP contribution in [0, 0.1) is 0 Å². The molecule has 1 N–H and O–H groups in total. The summed E-state index contributed by atoms with van der Waals surface area (Å²) in [5.41, 5.74) is 0.417. The highest BCUT2D eigenvalue weighted by atomic mass is 16.5. The molecule has 3 heteroatoms. The molecule has 1 aliphatic rings. The van der Waals surface area contributed by atoms with Crippen LogP contribution in [0.3, 0.4) is 0 Å². The van der Waals surface area contributed by atoms with E-state index in [0.717, 1.165) is 32.5 Å². The molecule has 0 amide bonds. The minimum Gasteiger partial charge on any atom is -0.375 e. The minimum absolute atomic E-state index is 0.199. The molecule has 1 aliphatic carbocycles. The summed E-state index contributed by atoms with van der Waals surface area (Å²) in [6, 6.07) is 0. The summed E-state index contributed by atoms with van der Waals surface area (Å²) in [4.78, 5) is 2.22. The van der Waals surface area contributed by atoms with Gasteiger partial charge in [-0.05, 0) is 80.1 Å². The van der Waals surface area contributed by atoms with E-state index in [1.165, 1.54) is 19.3 Å². The van der Waals surface area contributed by atoms with Gasteiger partial charge in [-0.1, -0.05) is 0 Å². The van der Waals surface area contributed by atoms with Gasteiger partial charge in [0.05, 0.1) is 5.60 Å². The molecule has 3 nitrogen and oxygen atoms in total. The zero-order valence-corrected chi connectivity index (χ0v) is 13.0. The second-order valence-corrected chi connectivity index (χ2v) is 6.97. The third kappa shape index (κ3) is 6.17. The van der Waals surface area contributed by atoms with Crippen molar-refractivity contribution in [2.75, 3.05) is 33.8 Å². The van der Waals surface area contributed by atoms with Crippen molar-refractivity contribution in [3.63, 3.8) is 0 Å². The maximum atomic E-state index is 6.16. The van der Waals surface area contributed by atoms with Crippen LogP contribution in [-0.4, -0.2) is 49.8 Å². The molecule has 1 saturated carbocycles. The molecule has 108 valence electrons. The van der Waals surface area contributed by atoms with Gasteiger partial charge >= 0.3 is 0 Å². The Bertz CT molecular complexity index is 229. The fourth-order valence-corrected chi connectivity index (χ4v) is 2.37. The minimum atomic E-state index is 0.199. The fourth-order valence-electron chi connectivity index (χ4n) is 2.37. The topological polar surface area (TPSA) is 24.5 Å². The number of ether oxygens (including phenoxy) is 1. The van der Waals surface area contributed by atoms with Crippen LogP contribution in [0.1, 0.15) is 52.9 Å². The second-order valence-electron chi connectivity index (χ2n) is 6.97. The number of nitrogens with zero attached hydrogens (tertiary/aromatic N) is 1. The van der Waals surface area contributed by atoms with Crippen LogP contribution >= 0.6 is 0 Å². The molecular formula is C15H32N2O. The average molecular weight is 256 g/mol. The van der Waals surface area contributed by atoms with Crippen LogP contribution < -0.4 is 5.32 Å². The lowest BCUT2D eigenvalue weighted by Gasteiger charge is -2.42. The van der Waals surface area contributed by atoms with Crippen molar-refractivity contribution in [2.45, 2.75) is 64.0 Å². The summed E-state index contributed by atoms with van der Waals surface area (Å²) in [7, 11) is 4.23. The molecule has 0 radical (unpaired) electrons. The normalized spacial score (nSPS) is 19.0. The number of rotatable bonds is 8. The van der Waals surface area contributed by atoms with Crippen molar-refractivity contribution in [3.05, 3.63) is 0 Å². The SMILES string of the molecule is CN(C)CCCOC1(CCNC(C)(C)C)CCC1. The number of hydrogen-bond acceptors (Lipinski definition) is 3. The predicted octanol–water partition coefficient (Wildman–Crippen LogP) is 2.66. The summed E-state index contributed by atoms with van der Waals surface area (Å²) >= 11 is 0. The van der Waals surface area contributed by atoms with Crippen molar-refractivity contribution >= 4 is 0 Å². The van der Waals surface area contributed by atoms with Gasteiger partial charge in [0, 0.05) is 12.1 Å². The van der Waals surface area contributed by atoms with E-state index in [0.29, 0.717) is 0 Å². The van der Waals surface area contributed by atoms with E-state index in [1.54, 1.807) is 0 Å². The van der Waals surface area contributed by atoms with E-state index >= 15 is 0 Å². The first-order chi connectivity index (χ1) is 8.33. The average Bonchev–Trinajstić information content (AvgIpc) is 2.17. The maximum Gasteiger partial charge on any atom is 0.0694 e. The molecule has 0 aromatic rings. The molecule has 0 unspecified atom stereocenters. The van der Waals surface area contributed by atoms with Crippen molar-refractivity contribution < 1.29 is 4.74 Å². The molecule has 0 bridgehead atoms. The third-order valence-corrected chi connectivity index (χ3v) is 3.66. The lowest BCUT2D eigenvalue weighted by molar-refractivity contribution is -0.106. The highest BCUT2D eigenvalue weighted by Gasteiger charge is 2.37. The number of nitrogens with one attached hydrogen (secondary N) is 1. The molecule has 0 aliphatic heterocycles. The van der Waals surface area contributed by atoms with Crippen molar-refractivity contribution in [1.29, 1.82) is 0 Å². The molecule has 0 atom stereocenters. The summed E-state index contributed by atoms with van der Waals surface area (Å²) in [5, 5.41) is 3.57. The van der Waals surface area contributed by atoms with Crippen LogP contribution in [-0.2, 0) is 4.74 Å². The molecule has 18 heavy (non-hydrogen) atoms. The lowest BCUT2D eigenvalue weighted by Crippen LogP contribution is -2.45. The summed E-state index contributed by atoms with van der Waals surface area (Å²) in [6.45, 7) is 9.76. The molecular weight excluding hydrogens is 224 g/mol. The second kappa shape index (κ2) is 6.88. The first kappa shape index (κ1) is 15.9. The molecule has 0 aromatic carbocycles. The number of hydrogen-bond donors (Lipinski definition) is 1. The van der Waals surface area contributed by atoms with Crippen LogP contribution in [0.4, 0.5) is 0 Å². The zero-order chi connectivity index (χ0) is 13.6. The Morgan fingerprint density at radius 3 is 2.33 bits per heavy atom. The van der Waals surface area contributed by atoms with Crippen molar-refractivity contribution in [1.82, 2.24) is 10.2 Å². The van der Waals surface area contributed by atoms with Crippen molar-refractivity contribution in [2.24, 2.45) is 0 Å². The van der Waals surface area contributed by atoms with E-state index in [2.05, 4.69) is 45.1 Å². The molecule has 0 heterocycles. The van der Waals surface area contributed by atoms with Gasteiger partial charge in [0.1, 0.15) is 0 Å². The first-order valence-electron chi connectivity index (χ1n) is 7.37. The molecule has 0 spiro atoms. The van der Waals surface area contributed by atoms with E-state index in [-0.39, 0.29) is 11.1 Å². The largest absolute Gasteiger partial charge is 0.375 e. The van der Waals surface area contributed by atoms with Gasteiger partial charge in [0.2, 0.25) is 0 Å². The van der Waals surface area contributed by atoms with E-state index in [9.17, 15) is 0 Å². The summed E-state index contributed by atoms with van der Waals surface area (Å²) in [5.74, 6) is 0. The van der Waals surface area contributed by atoms with Crippen LogP contribution in [0.2, 0.25) is 0 Å². The monoisotopic (exact) mass is 256 g/mol. The fraction of sp³-hybridized carbons (Fsp3) is 1.00. The Morgan fingerprint density at radius 2 is 1.89 bits per heavy atom. The Labute approximate surface area is 113 Å². The zero-order valence-electron chi connectivity index (χ0n) is 13.0. The highest BCUT2D eigenvalue weighted by Crippen LogP contribution is 2.38. The van der Waals surface area contributed by atoms with E-state index in [4.69, 9.17) is 4.74 Å². The molecule has 1 rings (SSSR count). The van der Waals surface area contributed by atoms with E-state index < -0.39 is 0 Å². The first-order valence-corrected chi connectivity index (χ1v) is 7.37. The highest BCUT2D eigenvalue weighted by molar-refractivity contribution is 4.91. The standard InChI is InChI=1S/C15H32N2O/c1-14(2,3)16-11-10-15(8-6-9-15)18-13-7-12-17(4)5/h16H,6-13H2,1-5H3. The van der Waals surface area contributed by atoms with Gasteiger partial charge < -0.3 is 15.0 Å². The van der Waals surface area contributed by atoms with Crippen LogP contribution in [0.15, 0.2) is 0 Å². The molecule has 1 fully saturated rings. The Hall–Kier alpha value is -0.120. The van der Waals surface area contributed by atoms with Crippen LogP contribution in [0.25, 0.3) is 0 Å². The third-order valence-electron chi connectivity index (χ3n) is 3.66. The maximum absolute atomic E-state index is 6.16. The van der Waals surface area contributed by atoms with Gasteiger partial charge in [0.25, 0.3) is 0 Å². The Kier molecular flexibility index (Phi) is 6.09. The Balaban J connectivity index is 2.17. The van der Waals surface area contributed by atoms with Gasteiger partial charge in [0.15, 0.2) is 0 Å². The summed E-state index contributed by atoms with van der Waals surface area (Å²) in [6.07, 6.45) is 6.14. The van der Waals surface area contributed by atoms with Gasteiger partial charge in [-0.15, -0.1) is 0 Å². The quantitative estimate of drug-likeness (QED) is 0.676. The van der Waals surface area contributed by atoms with Gasteiger partial charge in [-0.3, -0.25) is 0 Å². The predicted molar refractivity (Wildman–Crippen MR) is 78.1 cm³/mol. The molecule has 0 saturated heterocycles. The lowest BCUT2D eigenvalue weighted by atomic mass is 9.77. The van der Waals surface area contributed by atoms with Gasteiger partial charge in [-0.25, -0.2) is 0 Å². The van der Waals surface area contributed by atoms with Gasteiger partial charge in [-0.2, -0.15) is 0 Å². The Morgan fingerprint density at radius 1 is 1.22 bits per heavy atom. The molecule has 0 aromatic heterocycles. The van der Waals surface area contributed by atoms with Crippen molar-refractivity contribution in [3.8, 4) is 0 Å².